The minimum Gasteiger partial charge on any atom is -0.493 e. The van der Waals surface area contributed by atoms with Gasteiger partial charge < -0.3 is 18.9 Å². The van der Waals surface area contributed by atoms with Gasteiger partial charge in [-0.1, -0.05) is 120 Å². The largest absolute Gasteiger partial charge is 0.493 e. The quantitative estimate of drug-likeness (QED) is 0.0392. The molecule has 0 bridgehead atoms. The van der Waals surface area contributed by atoms with Gasteiger partial charge in [0.1, 0.15) is 34.1 Å². The second kappa shape index (κ2) is 23.5. The molecule has 0 heterocycles. The molecule has 0 radical (unpaired) electrons. The third kappa shape index (κ3) is 14.7. The normalized spacial score (nSPS) is 10.8. The van der Waals surface area contributed by atoms with Gasteiger partial charge in [-0.05, 0) is 74.2 Å². The molecule has 3 aromatic carbocycles. The van der Waals surface area contributed by atoms with Crippen LogP contribution in [0.15, 0.2) is 72.8 Å². The minimum absolute atomic E-state index is 0.339. The number of alkyl halides is 2. The zero-order valence-electron chi connectivity index (χ0n) is 26.9. The number of ether oxygens (including phenoxy) is 4. The Bertz CT molecular complexity index is 1180. The Morgan fingerprint density at radius 1 is 0.435 bits per heavy atom. The van der Waals surface area contributed by atoms with E-state index in [1.165, 1.54) is 64.2 Å². The Labute approximate surface area is 291 Å². The zero-order valence-corrected chi connectivity index (χ0v) is 30.0. The molecule has 0 saturated carbocycles. The van der Waals surface area contributed by atoms with Crippen LogP contribution in [-0.2, 0) is 0 Å². The van der Waals surface area contributed by atoms with Crippen LogP contribution in [-0.4, -0.2) is 35.8 Å². The Hall–Kier alpha value is -2.84. The first kappa shape index (κ1) is 37.6. The molecule has 8 heteroatoms. The van der Waals surface area contributed by atoms with Gasteiger partial charge in [-0.2, -0.15) is 0 Å². The Kier molecular flexibility index (Phi) is 19.2. The number of halogens is 2. The number of esters is 2. The maximum atomic E-state index is 13.0. The molecule has 250 valence electrons. The van der Waals surface area contributed by atoms with Crippen molar-refractivity contribution in [3.05, 3.63) is 83.9 Å². The van der Waals surface area contributed by atoms with Gasteiger partial charge in [-0.25, -0.2) is 9.59 Å². The number of unbranched alkanes of at least 4 members (excludes halogenated alkanes) is 12. The highest BCUT2D eigenvalue weighted by Crippen LogP contribution is 2.25. The molecule has 0 N–H and O–H groups in total. The molecular formula is C38H48Br2O6. The van der Waals surface area contributed by atoms with Crippen LogP contribution < -0.4 is 18.9 Å². The molecule has 0 saturated heterocycles. The van der Waals surface area contributed by atoms with Crippen LogP contribution in [0.5, 0.6) is 23.0 Å². The first-order chi connectivity index (χ1) is 22.6. The van der Waals surface area contributed by atoms with Crippen molar-refractivity contribution in [2.24, 2.45) is 0 Å². The average Bonchev–Trinajstić information content (AvgIpc) is 3.08. The maximum Gasteiger partial charge on any atom is 0.347 e. The summed E-state index contributed by atoms with van der Waals surface area (Å²) in [4.78, 5) is 25.9. The molecule has 3 rings (SSSR count). The summed E-state index contributed by atoms with van der Waals surface area (Å²) < 4.78 is 23.1. The van der Waals surface area contributed by atoms with Crippen LogP contribution in [0.4, 0.5) is 0 Å². The number of carbonyl (C=O) groups excluding carboxylic acids is 2. The smallest absolute Gasteiger partial charge is 0.347 e. The van der Waals surface area contributed by atoms with Crippen molar-refractivity contribution in [1.82, 2.24) is 0 Å². The highest BCUT2D eigenvalue weighted by atomic mass is 79.9. The van der Waals surface area contributed by atoms with E-state index in [1.807, 2.05) is 12.1 Å². The molecule has 0 aliphatic carbocycles. The van der Waals surface area contributed by atoms with Crippen molar-refractivity contribution in [2.75, 3.05) is 23.9 Å². The molecule has 0 fully saturated rings. The standard InChI is InChI=1S/C38H48Br2O6/c39-27-15-7-3-1-5-9-17-29-43-35-21-13-11-19-33(35)37(41)45-31-23-25-32(26-24-31)46-38(42)34-20-12-14-22-36(34)44-30-18-10-6-2-4-8-16-28-40/h11-14,19-26H,1-10,15-18,27-30H2. The van der Waals surface area contributed by atoms with Gasteiger partial charge in [0.15, 0.2) is 0 Å². The number of benzene rings is 3. The van der Waals surface area contributed by atoms with E-state index < -0.39 is 11.9 Å². The zero-order chi connectivity index (χ0) is 32.7. The number of carbonyl (C=O) groups is 2. The summed E-state index contributed by atoms with van der Waals surface area (Å²) in [6.45, 7) is 1.11. The molecule has 0 spiro atoms. The fourth-order valence-corrected chi connectivity index (χ4v) is 5.74. The Balaban J connectivity index is 1.43. The summed E-state index contributed by atoms with van der Waals surface area (Å²) >= 11 is 6.95. The molecule has 6 nitrogen and oxygen atoms in total. The molecule has 0 unspecified atom stereocenters. The molecule has 0 atom stereocenters. The van der Waals surface area contributed by atoms with Crippen molar-refractivity contribution < 1.29 is 28.5 Å². The van der Waals surface area contributed by atoms with Crippen LogP contribution >= 0.6 is 31.9 Å². The van der Waals surface area contributed by atoms with E-state index in [9.17, 15) is 9.59 Å². The lowest BCUT2D eigenvalue weighted by Gasteiger charge is -2.12. The summed E-state index contributed by atoms with van der Waals surface area (Å²) in [6.07, 6.45) is 16.5. The van der Waals surface area contributed by atoms with Crippen LogP contribution in [0.2, 0.25) is 0 Å². The van der Waals surface area contributed by atoms with Crippen molar-refractivity contribution in [1.29, 1.82) is 0 Å². The molecule has 0 aliphatic rings. The Morgan fingerprint density at radius 2 is 0.761 bits per heavy atom. The summed E-state index contributed by atoms with van der Waals surface area (Å²) in [7, 11) is 0. The van der Waals surface area contributed by atoms with Crippen molar-refractivity contribution in [3.8, 4) is 23.0 Å². The summed E-state index contributed by atoms with van der Waals surface area (Å²) in [5, 5.41) is 2.15. The average molecular weight is 761 g/mol. The van der Waals surface area contributed by atoms with E-state index in [0.29, 0.717) is 47.3 Å². The van der Waals surface area contributed by atoms with Crippen molar-refractivity contribution in [3.63, 3.8) is 0 Å². The van der Waals surface area contributed by atoms with Crippen molar-refractivity contribution >= 4 is 43.8 Å². The number of hydrogen-bond donors (Lipinski definition) is 0. The van der Waals surface area contributed by atoms with E-state index in [4.69, 9.17) is 18.9 Å². The van der Waals surface area contributed by atoms with E-state index in [-0.39, 0.29) is 0 Å². The molecule has 0 amide bonds. The fraction of sp³-hybridized carbons (Fsp3) is 0.474. The molecule has 46 heavy (non-hydrogen) atoms. The number of para-hydroxylation sites is 2. The van der Waals surface area contributed by atoms with Gasteiger partial charge in [0.25, 0.3) is 0 Å². The van der Waals surface area contributed by atoms with E-state index in [2.05, 4.69) is 31.9 Å². The molecule has 0 aliphatic heterocycles. The third-order valence-electron chi connectivity index (χ3n) is 7.53. The van der Waals surface area contributed by atoms with E-state index >= 15 is 0 Å². The highest BCUT2D eigenvalue weighted by Gasteiger charge is 2.17. The lowest BCUT2D eigenvalue weighted by Crippen LogP contribution is -2.12. The highest BCUT2D eigenvalue weighted by molar-refractivity contribution is 9.09. The van der Waals surface area contributed by atoms with Gasteiger partial charge in [0, 0.05) is 10.7 Å². The topological polar surface area (TPSA) is 71.1 Å². The van der Waals surface area contributed by atoms with Crippen LogP contribution in [0.1, 0.15) is 111 Å². The molecule has 0 aromatic heterocycles. The Morgan fingerprint density at radius 3 is 1.13 bits per heavy atom. The summed E-state index contributed by atoms with van der Waals surface area (Å²) in [6, 6.07) is 20.6. The van der Waals surface area contributed by atoms with Gasteiger partial charge in [0.05, 0.1) is 13.2 Å². The number of rotatable bonds is 24. The third-order valence-corrected chi connectivity index (χ3v) is 8.65. The van der Waals surface area contributed by atoms with Gasteiger partial charge in [-0.3, -0.25) is 0 Å². The minimum atomic E-state index is -0.507. The predicted molar refractivity (Wildman–Crippen MR) is 192 cm³/mol. The lowest BCUT2D eigenvalue weighted by molar-refractivity contribution is 0.0714. The van der Waals surface area contributed by atoms with Crippen LogP contribution in [0, 0.1) is 0 Å². The van der Waals surface area contributed by atoms with Crippen molar-refractivity contribution in [2.45, 2.75) is 89.9 Å². The molecular weight excluding hydrogens is 712 g/mol. The monoisotopic (exact) mass is 758 g/mol. The fourth-order valence-electron chi connectivity index (χ4n) is 4.95. The SMILES string of the molecule is O=C(Oc1ccc(OC(=O)c2ccccc2OCCCCCCCCCBr)cc1)c1ccccc1OCCCCCCCCCBr. The first-order valence-electron chi connectivity index (χ1n) is 16.7. The second-order valence-electron chi connectivity index (χ2n) is 11.3. The predicted octanol–water partition coefficient (Wildman–Crippen LogP) is 11.1. The van der Waals surface area contributed by atoms with Crippen LogP contribution in [0.3, 0.4) is 0 Å². The number of hydrogen-bond acceptors (Lipinski definition) is 6. The first-order valence-corrected chi connectivity index (χ1v) is 19.0. The summed E-state index contributed by atoms with van der Waals surface area (Å²) in [5.41, 5.74) is 0.740. The lowest BCUT2D eigenvalue weighted by atomic mass is 10.1. The van der Waals surface area contributed by atoms with Gasteiger partial charge in [0.2, 0.25) is 0 Å². The van der Waals surface area contributed by atoms with Crippen LogP contribution in [0.25, 0.3) is 0 Å². The summed E-state index contributed by atoms with van der Waals surface area (Å²) in [5.74, 6) is 0.688. The second-order valence-corrected chi connectivity index (χ2v) is 12.9. The molecule has 3 aromatic rings. The maximum absolute atomic E-state index is 13.0. The van der Waals surface area contributed by atoms with E-state index in [0.717, 1.165) is 36.3 Å². The van der Waals surface area contributed by atoms with E-state index in [1.54, 1.807) is 60.7 Å². The van der Waals surface area contributed by atoms with Gasteiger partial charge in [-0.15, -0.1) is 0 Å². The van der Waals surface area contributed by atoms with Gasteiger partial charge >= 0.3 is 11.9 Å².